The quantitative estimate of drug-likeness (QED) is 0.0434. The number of carboxylic acids is 1. The molecule has 7 rings (SSSR count). The second-order valence-electron chi connectivity index (χ2n) is 26.9. The van der Waals surface area contributed by atoms with Crippen molar-refractivity contribution in [3.63, 3.8) is 0 Å². The topological polar surface area (TPSA) is 481 Å². The van der Waals surface area contributed by atoms with Gasteiger partial charge in [0.05, 0.1) is 25.7 Å². The van der Waals surface area contributed by atoms with Gasteiger partial charge in [0.1, 0.15) is 72.4 Å². The van der Waals surface area contributed by atoms with E-state index in [-0.39, 0.29) is 36.9 Å². The maximum absolute atomic E-state index is 15.1. The van der Waals surface area contributed by atoms with Crippen molar-refractivity contribution >= 4 is 100.0 Å². The van der Waals surface area contributed by atoms with E-state index in [1.54, 1.807) is 87.5 Å². The van der Waals surface area contributed by atoms with Crippen LogP contribution in [0.4, 0.5) is 0 Å². The Bertz CT molecular complexity index is 4090. The molecule has 4 aromatic carbocycles. The molecule has 0 bridgehead atoms. The Morgan fingerprint density at radius 3 is 1.88 bits per heavy atom. The number of H-pyrrole nitrogens is 1. The second kappa shape index (κ2) is 38.6. The molecule has 1 aromatic heterocycles. The van der Waals surface area contributed by atoms with Gasteiger partial charge >= 0.3 is 11.9 Å². The van der Waals surface area contributed by atoms with Crippen LogP contribution in [0.3, 0.4) is 0 Å². The summed E-state index contributed by atoms with van der Waals surface area (Å²) in [6.07, 6.45) is -2.94. The molecule has 5 aromatic rings. The van der Waals surface area contributed by atoms with Gasteiger partial charge in [-0.05, 0) is 111 Å². The molecule has 32 nitrogen and oxygen atoms in total. The van der Waals surface area contributed by atoms with Crippen LogP contribution >= 0.6 is 0 Å². The number of aromatic nitrogens is 1. The van der Waals surface area contributed by atoms with Crippen molar-refractivity contribution < 1.29 is 97.3 Å². The lowest BCUT2D eigenvalue weighted by atomic mass is 9.97. The number of aliphatic carboxylic acids is 1. The van der Waals surface area contributed by atoms with E-state index >= 15 is 9.59 Å². The van der Waals surface area contributed by atoms with Crippen LogP contribution in [0.15, 0.2) is 121 Å². The first kappa shape index (κ1) is 82.9. The number of ether oxygens (including phenoxy) is 2. The van der Waals surface area contributed by atoms with Gasteiger partial charge in [-0.3, -0.25) is 57.5 Å². The summed E-state index contributed by atoms with van der Waals surface area (Å²) in [6, 6.07) is 10.3. The zero-order chi connectivity index (χ0) is 78.5. The van der Waals surface area contributed by atoms with Gasteiger partial charge in [0.2, 0.25) is 65.3 Å². The van der Waals surface area contributed by atoms with Crippen LogP contribution in [0, 0.1) is 17.8 Å². The van der Waals surface area contributed by atoms with E-state index < -0.39 is 193 Å². The summed E-state index contributed by atoms with van der Waals surface area (Å²) in [5, 5.41) is 81.9. The number of rotatable bonds is 17. The summed E-state index contributed by atoms with van der Waals surface area (Å²) < 4.78 is 11.1. The highest BCUT2D eigenvalue weighted by Crippen LogP contribution is 2.28. The van der Waals surface area contributed by atoms with Crippen molar-refractivity contribution in [3.8, 4) is 5.75 Å². The molecule has 3 heterocycles. The minimum atomic E-state index is -2.52. The number of para-hydroxylation sites is 1. The van der Waals surface area contributed by atoms with Gasteiger partial charge in [-0.1, -0.05) is 125 Å². The fourth-order valence-corrected chi connectivity index (χ4v) is 12.1. The smallest absolute Gasteiger partial charge is 0.331 e. The largest absolute Gasteiger partial charge is 0.497 e. The number of carboxylic acid groups (broad SMARTS) is 1. The third kappa shape index (κ3) is 22.4. The Balaban J connectivity index is 1.30. The number of aliphatic hydroxyl groups is 4. The molecule has 107 heavy (non-hydrogen) atoms. The maximum Gasteiger partial charge on any atom is 0.331 e. The minimum absolute atomic E-state index is 0.0253. The number of cyclic esters (lactones) is 1. The third-order valence-corrected chi connectivity index (χ3v) is 18.2. The average molecular weight is 1480 g/mol. The van der Waals surface area contributed by atoms with Gasteiger partial charge in [-0.15, -0.1) is 0 Å². The molecule has 2 fully saturated rings. The number of nitrogens with one attached hydrogen (secondary N) is 11. The van der Waals surface area contributed by atoms with E-state index in [1.807, 2.05) is 0 Å². The maximum atomic E-state index is 15.1. The molecular formula is C75H94N12O20. The number of fused-ring (bicyclic) bond motifs is 2. The van der Waals surface area contributed by atoms with Gasteiger partial charge in [0.25, 0.3) is 5.91 Å². The molecule has 11 amide bonds. The Hall–Kier alpha value is -11.4. The van der Waals surface area contributed by atoms with Crippen LogP contribution in [-0.4, -0.2) is 205 Å². The number of hydrogen-bond acceptors (Lipinski definition) is 19. The zero-order valence-electron chi connectivity index (χ0n) is 60.6. The monoisotopic (exact) mass is 1480 g/mol. The number of carbonyl (C=O) groups excluding carboxylic acids is 12. The summed E-state index contributed by atoms with van der Waals surface area (Å²) in [7, 11) is 1.38. The first-order chi connectivity index (χ1) is 50.8. The van der Waals surface area contributed by atoms with Crippen molar-refractivity contribution in [2.75, 3.05) is 20.2 Å². The van der Waals surface area contributed by atoms with Crippen LogP contribution < -0.4 is 57.9 Å². The van der Waals surface area contributed by atoms with Crippen LogP contribution in [0.2, 0.25) is 0 Å². The van der Waals surface area contributed by atoms with Crippen molar-refractivity contribution in [1.29, 1.82) is 0 Å². The summed E-state index contributed by atoms with van der Waals surface area (Å²) in [5.41, 5.74) is 2.37. The van der Waals surface area contributed by atoms with E-state index in [2.05, 4.69) is 58.2 Å². The molecule has 0 saturated carbocycles. The molecule has 15 unspecified atom stereocenters. The second-order valence-corrected chi connectivity index (χ2v) is 26.9. The first-order valence-corrected chi connectivity index (χ1v) is 34.9. The van der Waals surface area contributed by atoms with Crippen LogP contribution in [0.25, 0.3) is 23.1 Å². The van der Waals surface area contributed by atoms with Crippen molar-refractivity contribution in [1.82, 2.24) is 63.1 Å². The number of nitrogens with zero attached hydrogens (tertiary/aromatic N) is 1. The van der Waals surface area contributed by atoms with E-state index in [9.17, 15) is 78.3 Å². The highest BCUT2D eigenvalue weighted by molar-refractivity contribution is 6.01. The normalized spacial score (nSPS) is 24.8. The first-order valence-electron chi connectivity index (χ1n) is 34.9. The molecule has 32 heteroatoms. The minimum Gasteiger partial charge on any atom is -0.497 e. The molecule has 0 spiro atoms. The van der Waals surface area contributed by atoms with Gasteiger partial charge in [-0.25, -0.2) is 4.79 Å². The number of aliphatic hydroxyl groups excluding tert-OH is 4. The van der Waals surface area contributed by atoms with Crippen LogP contribution in [0.5, 0.6) is 5.75 Å². The molecular weight excluding hydrogens is 1390 g/mol. The number of allylic oxidation sites excluding steroid dienone is 1. The standard InChI is InChI=1S/C75H94N12O20/c1-10-19-43-20-14-15-21-44(43)29-32-54(88)81-57-42(8)107-75(105)60(61(90)39(4)5)85-65(94)51(34-38(2)3)80-71(100)72(101)86-66(95)52(35-47-36-76-50-25-17-16-24-49(47)50)79-70(99)58(62(91)46-27-30-48(106-9)31-28-46)84-67(96)53-26-18-33-87(53)73(102)59(63(92)45-22-12-11-13-23-45)82-55(89)37-77-68(97)56(40(6)74(103)104)83-64(93)41(7)78-69(57)98/h10-17,19-25,27-32,36,38-42,51-53,56-63,72,76,90-92,101H,18,26,33-35,37H2,1-9H3,(H,77,97)(H,78,98)(H,79,99)(H,80,100)(H,81,88)(H,82,89)(H,83,93)(H,84,96)(H,85,94)(H,86,95)(H,103,104)/b19-10-,32-29+. The number of methoxy groups -OCH3 is 1. The molecule has 0 radical (unpaired) electrons. The van der Waals surface area contributed by atoms with Crippen molar-refractivity contribution in [3.05, 3.63) is 149 Å². The number of aromatic amines is 1. The Kier molecular flexibility index (Phi) is 29.9. The molecule has 16 N–H and O–H groups in total. The fourth-order valence-electron chi connectivity index (χ4n) is 12.1. The lowest BCUT2D eigenvalue weighted by Crippen LogP contribution is -2.62. The zero-order valence-corrected chi connectivity index (χ0v) is 60.6. The van der Waals surface area contributed by atoms with Gasteiger partial charge in [-0.2, -0.15) is 0 Å². The summed E-state index contributed by atoms with van der Waals surface area (Å²) in [4.78, 5) is 191. The van der Waals surface area contributed by atoms with E-state index in [1.165, 1.54) is 81.8 Å². The lowest BCUT2D eigenvalue weighted by Gasteiger charge is -2.33. The van der Waals surface area contributed by atoms with Gasteiger partial charge < -0.3 is 98.1 Å². The Morgan fingerprint density at radius 1 is 0.636 bits per heavy atom. The molecule has 15 atom stereocenters. The van der Waals surface area contributed by atoms with E-state index in [0.717, 1.165) is 31.7 Å². The Labute approximate surface area is 617 Å². The van der Waals surface area contributed by atoms with Crippen LogP contribution in [-0.2, 0) is 73.5 Å². The predicted octanol–water partition coefficient (Wildman–Crippen LogP) is 0.102. The Morgan fingerprint density at radius 2 is 1.23 bits per heavy atom. The van der Waals surface area contributed by atoms with Gasteiger partial charge in [0.15, 0.2) is 6.04 Å². The SMILES string of the molecule is C/C=C\c1ccccc1/C=C/C(=O)NC1C(=O)NC(C)C(=O)NC(C(C)C(=O)O)C(=O)NCC(=O)NC(C(O)c2ccccc2)C(=O)N2CCCC2C(=O)NC(C(O)c2ccc(OC)cc2)C(=O)NC(Cc2c[nH]c3ccccc23)C(=O)NC(O)C(=O)NC(CC(C)C)C(=O)NC(C(O)C(C)C)C(=O)OC1C. The number of carbonyl (C=O) groups is 13. The van der Waals surface area contributed by atoms with Crippen LogP contribution in [0.1, 0.15) is 115 Å². The number of hydrogen-bond donors (Lipinski definition) is 16. The predicted molar refractivity (Wildman–Crippen MR) is 387 cm³/mol. The number of amides is 11. The summed E-state index contributed by atoms with van der Waals surface area (Å²) in [5.74, 6) is -18.7. The lowest BCUT2D eigenvalue weighted by molar-refractivity contribution is -0.160. The highest BCUT2D eigenvalue weighted by Gasteiger charge is 2.45. The van der Waals surface area contributed by atoms with E-state index in [0.29, 0.717) is 33.3 Å². The molecule has 0 aliphatic carbocycles. The molecule has 2 saturated heterocycles. The van der Waals surface area contributed by atoms with Crippen molar-refractivity contribution in [2.45, 2.75) is 166 Å². The molecule has 2 aliphatic heterocycles. The number of benzene rings is 4. The fraction of sp³-hybridized carbons (Fsp3) is 0.427. The summed E-state index contributed by atoms with van der Waals surface area (Å²) in [6.45, 7) is 10.1. The molecule has 2 aliphatic rings. The third-order valence-electron chi connectivity index (χ3n) is 18.2. The summed E-state index contributed by atoms with van der Waals surface area (Å²) >= 11 is 0. The van der Waals surface area contributed by atoms with Gasteiger partial charge in [0, 0.05) is 36.1 Å². The highest BCUT2D eigenvalue weighted by atomic mass is 16.5. The average Bonchev–Trinajstić information content (AvgIpc) is 1.63. The van der Waals surface area contributed by atoms with E-state index in [4.69, 9.17) is 9.47 Å². The molecule has 574 valence electrons. The number of esters is 1. The van der Waals surface area contributed by atoms with Crippen molar-refractivity contribution in [2.24, 2.45) is 17.8 Å².